The van der Waals surface area contributed by atoms with Gasteiger partial charge in [0.15, 0.2) is 0 Å². The minimum Gasteiger partial charge on any atom is -0.456 e. The van der Waals surface area contributed by atoms with Crippen molar-refractivity contribution in [3.63, 3.8) is 0 Å². The van der Waals surface area contributed by atoms with Crippen molar-refractivity contribution in [2.24, 2.45) is 0 Å². The van der Waals surface area contributed by atoms with Crippen molar-refractivity contribution in [1.82, 2.24) is 9.13 Å². The first kappa shape index (κ1) is 30.5. The van der Waals surface area contributed by atoms with Crippen LogP contribution in [0, 0.1) is 0 Å². The summed E-state index contributed by atoms with van der Waals surface area (Å²) in [7, 11) is 0. The Labute approximate surface area is 290 Å². The summed E-state index contributed by atoms with van der Waals surface area (Å²) in [5.41, 5.74) is 9.56. The molecule has 2 aromatic heterocycles. The average Bonchev–Trinajstić information content (AvgIpc) is 3.56. The van der Waals surface area contributed by atoms with Crippen LogP contribution in [-0.4, -0.2) is 9.13 Å². The number of hydrogen-bond acceptors (Lipinski definition) is 1. The van der Waals surface area contributed by atoms with E-state index in [1.54, 1.807) is 0 Å². The highest BCUT2D eigenvalue weighted by Gasteiger charge is 2.20. The van der Waals surface area contributed by atoms with Crippen LogP contribution in [0.2, 0.25) is 0 Å². The van der Waals surface area contributed by atoms with Gasteiger partial charge in [-0.15, -0.1) is 0 Å². The lowest BCUT2D eigenvalue weighted by molar-refractivity contribution is 0.481. The van der Waals surface area contributed by atoms with Gasteiger partial charge in [0.2, 0.25) is 0 Å². The maximum absolute atomic E-state index is 6.78. The molecule has 0 atom stereocenters. The molecule has 8 rings (SSSR count). The minimum absolute atomic E-state index is 0.0429. The molecule has 0 saturated heterocycles. The lowest BCUT2D eigenvalue weighted by Gasteiger charge is -2.20. The monoisotopic (exact) mass is 690 g/mol. The average molecular weight is 692 g/mol. The Kier molecular flexibility index (Phi) is 7.08. The van der Waals surface area contributed by atoms with E-state index < -0.39 is 0 Å². The number of nitrogens with zero attached hydrogens (tertiary/aromatic N) is 2. The molecule has 0 saturated carbocycles. The van der Waals surface area contributed by atoms with Crippen molar-refractivity contribution >= 4 is 59.5 Å². The van der Waals surface area contributed by atoms with E-state index in [0.29, 0.717) is 0 Å². The van der Waals surface area contributed by atoms with Crippen LogP contribution in [0.3, 0.4) is 0 Å². The Morgan fingerprint density at radius 3 is 1.52 bits per heavy atom. The van der Waals surface area contributed by atoms with Gasteiger partial charge in [0.25, 0.3) is 0 Å². The van der Waals surface area contributed by atoms with Crippen molar-refractivity contribution in [2.75, 3.05) is 0 Å². The Morgan fingerprint density at radius 2 is 0.958 bits per heavy atom. The molecule has 0 fully saturated rings. The molecular weight excluding hydrogens is 652 g/mol. The van der Waals surface area contributed by atoms with E-state index in [-0.39, 0.29) is 10.8 Å². The van der Waals surface area contributed by atoms with Crippen molar-refractivity contribution < 1.29 is 4.74 Å². The van der Waals surface area contributed by atoms with E-state index in [1.807, 2.05) is 0 Å². The number of hydrogen-bond donors (Lipinski definition) is 0. The predicted molar refractivity (Wildman–Crippen MR) is 207 cm³/mol. The van der Waals surface area contributed by atoms with Gasteiger partial charge in [0.05, 0.1) is 26.5 Å². The molecule has 3 nitrogen and oxygen atoms in total. The zero-order valence-electron chi connectivity index (χ0n) is 28.3. The van der Waals surface area contributed by atoms with Gasteiger partial charge in [-0.2, -0.15) is 0 Å². The second kappa shape index (κ2) is 11.1. The van der Waals surface area contributed by atoms with E-state index in [1.165, 1.54) is 43.7 Å². The maximum Gasteiger partial charge on any atom is 0.143 e. The van der Waals surface area contributed by atoms with Crippen LogP contribution in [0.5, 0.6) is 11.5 Å². The van der Waals surface area contributed by atoms with Gasteiger partial charge >= 0.3 is 0 Å². The smallest absolute Gasteiger partial charge is 0.143 e. The summed E-state index contributed by atoms with van der Waals surface area (Å²) in [6, 6.07) is 45.9. The number of rotatable bonds is 4. The number of benzene rings is 6. The molecule has 6 aromatic carbocycles. The lowest BCUT2D eigenvalue weighted by atomic mass is 9.87. The highest BCUT2D eigenvalue weighted by molar-refractivity contribution is 9.10. The second-order valence-electron chi connectivity index (χ2n) is 14.9. The van der Waals surface area contributed by atoms with Crippen molar-refractivity contribution in [3.05, 3.63) is 143 Å². The topological polar surface area (TPSA) is 19.1 Å². The largest absolute Gasteiger partial charge is 0.456 e. The molecule has 2 heterocycles. The van der Waals surface area contributed by atoms with E-state index in [4.69, 9.17) is 4.74 Å². The number of aromatic nitrogens is 2. The van der Waals surface area contributed by atoms with Crippen LogP contribution in [-0.2, 0) is 10.8 Å². The fraction of sp³-hybridized carbons (Fsp3) is 0.182. The molecular formula is C44H39BrN2O. The van der Waals surface area contributed by atoms with Crippen molar-refractivity contribution in [2.45, 2.75) is 52.4 Å². The third-order valence-electron chi connectivity index (χ3n) is 9.54. The fourth-order valence-electron chi connectivity index (χ4n) is 6.97. The first-order valence-electron chi connectivity index (χ1n) is 16.6. The molecule has 0 aliphatic carbocycles. The Hall–Kier alpha value is -4.80. The third kappa shape index (κ3) is 5.11. The fourth-order valence-corrected chi connectivity index (χ4v) is 7.39. The van der Waals surface area contributed by atoms with Crippen LogP contribution in [0.1, 0.15) is 52.7 Å². The summed E-state index contributed by atoms with van der Waals surface area (Å²) in [4.78, 5) is 0. The first-order valence-corrected chi connectivity index (χ1v) is 17.4. The Balaban J connectivity index is 1.29. The third-order valence-corrected chi connectivity index (χ3v) is 10.2. The number of ether oxygens (including phenoxy) is 1. The van der Waals surface area contributed by atoms with E-state index in [9.17, 15) is 0 Å². The zero-order valence-corrected chi connectivity index (χ0v) is 29.9. The van der Waals surface area contributed by atoms with Crippen LogP contribution in [0.25, 0.3) is 55.0 Å². The standard InChI is InChI=1S/C44H39BrN2O/c1-43(2,3)28-13-11-15-30(23-28)46-38-19-9-7-17-33(38)35-22-21-32(25-40(35)46)48-42-27-41-36(26-37(42)45)34-18-8-10-20-39(34)47(41)31-16-12-14-29(24-31)44(4,5)6/h7-27H,1-6H3. The molecule has 4 heteroatoms. The van der Waals surface area contributed by atoms with Gasteiger partial charge in [0, 0.05) is 45.1 Å². The summed E-state index contributed by atoms with van der Waals surface area (Å²) >= 11 is 3.88. The van der Waals surface area contributed by atoms with Gasteiger partial charge in [-0.1, -0.05) is 102 Å². The van der Waals surface area contributed by atoms with Crippen molar-refractivity contribution in [3.8, 4) is 22.9 Å². The zero-order chi connectivity index (χ0) is 33.4. The molecule has 238 valence electrons. The molecule has 0 aliphatic rings. The Bertz CT molecular complexity index is 2520. The molecule has 8 aromatic rings. The van der Waals surface area contributed by atoms with Gasteiger partial charge in [-0.25, -0.2) is 0 Å². The second-order valence-corrected chi connectivity index (χ2v) is 15.7. The molecule has 0 aliphatic heterocycles. The van der Waals surface area contributed by atoms with Gasteiger partial charge < -0.3 is 13.9 Å². The highest BCUT2D eigenvalue weighted by Crippen LogP contribution is 2.42. The van der Waals surface area contributed by atoms with Gasteiger partial charge in [0.1, 0.15) is 11.5 Å². The number of fused-ring (bicyclic) bond motifs is 6. The lowest BCUT2D eigenvalue weighted by Crippen LogP contribution is -2.11. The van der Waals surface area contributed by atoms with Gasteiger partial charge in [-0.05, 0) is 92.5 Å². The normalized spacial score (nSPS) is 12.5. The molecule has 0 radical (unpaired) electrons. The summed E-state index contributed by atoms with van der Waals surface area (Å²) in [5.74, 6) is 1.56. The molecule has 0 spiro atoms. The number of halogens is 1. The molecule has 0 bridgehead atoms. The van der Waals surface area contributed by atoms with Crippen LogP contribution < -0.4 is 4.74 Å². The summed E-state index contributed by atoms with van der Waals surface area (Å²) in [5, 5.41) is 4.82. The Morgan fingerprint density at radius 1 is 0.458 bits per heavy atom. The van der Waals surface area contributed by atoms with Crippen LogP contribution in [0.15, 0.2) is 132 Å². The summed E-state index contributed by atoms with van der Waals surface area (Å²) < 4.78 is 12.4. The van der Waals surface area contributed by atoms with E-state index in [2.05, 4.69) is 194 Å². The van der Waals surface area contributed by atoms with E-state index in [0.717, 1.165) is 38.4 Å². The highest BCUT2D eigenvalue weighted by atomic mass is 79.9. The summed E-state index contributed by atoms with van der Waals surface area (Å²) in [6.45, 7) is 13.6. The molecule has 48 heavy (non-hydrogen) atoms. The SMILES string of the molecule is CC(C)(C)c1cccc(-n2c3ccccc3c3ccc(Oc4cc5c(cc4Br)c4ccccc4n5-c4cccc(C(C)(C)C)c4)cc32)c1. The van der Waals surface area contributed by atoms with Crippen molar-refractivity contribution in [1.29, 1.82) is 0 Å². The van der Waals surface area contributed by atoms with E-state index >= 15 is 0 Å². The molecule has 0 amide bonds. The number of para-hydroxylation sites is 2. The van der Waals surface area contributed by atoms with Crippen LogP contribution >= 0.6 is 15.9 Å². The summed E-state index contributed by atoms with van der Waals surface area (Å²) in [6.07, 6.45) is 0. The maximum atomic E-state index is 6.78. The first-order chi connectivity index (χ1) is 23.0. The quantitative estimate of drug-likeness (QED) is 0.180. The minimum atomic E-state index is 0.0429. The molecule has 0 unspecified atom stereocenters. The molecule has 0 N–H and O–H groups in total. The van der Waals surface area contributed by atoms with Crippen LogP contribution in [0.4, 0.5) is 0 Å². The predicted octanol–water partition coefficient (Wildman–Crippen LogP) is 13.0. The van der Waals surface area contributed by atoms with Gasteiger partial charge in [-0.3, -0.25) is 0 Å².